The average molecular weight is 1160 g/mol. The maximum atomic E-state index is 13.0. The highest BCUT2D eigenvalue weighted by molar-refractivity contribution is 5.71. The van der Waals surface area contributed by atoms with Crippen LogP contribution in [0.2, 0.25) is 0 Å². The number of carbonyl (C=O) groups excluding carboxylic acids is 3. The van der Waals surface area contributed by atoms with E-state index < -0.39 is 6.10 Å². The van der Waals surface area contributed by atoms with Gasteiger partial charge in [-0.25, -0.2) is 0 Å². The number of unbranched alkanes of at least 4 members (excludes halogenated alkanes) is 38. The average Bonchev–Trinajstić information content (AvgIpc) is 3.49. The summed E-state index contributed by atoms with van der Waals surface area (Å²) in [6, 6.07) is 0. The van der Waals surface area contributed by atoms with Crippen LogP contribution in [0.25, 0.3) is 0 Å². The zero-order valence-electron chi connectivity index (χ0n) is 54.9. The molecular weight excluding hydrogens is 1020 g/mol. The van der Waals surface area contributed by atoms with Gasteiger partial charge in [0.1, 0.15) is 13.2 Å². The minimum absolute atomic E-state index is 0.0751. The number of allylic oxidation sites excluding steroid dienone is 16. The van der Waals surface area contributed by atoms with E-state index in [-0.39, 0.29) is 31.1 Å². The summed E-state index contributed by atoms with van der Waals surface area (Å²) in [6.45, 7) is 6.55. The van der Waals surface area contributed by atoms with Crippen LogP contribution in [-0.4, -0.2) is 37.2 Å². The zero-order valence-corrected chi connectivity index (χ0v) is 54.9. The third-order valence-electron chi connectivity index (χ3n) is 15.6. The molecule has 0 aliphatic heterocycles. The molecule has 0 aromatic carbocycles. The Morgan fingerprint density at radius 3 is 0.735 bits per heavy atom. The number of carbonyl (C=O) groups is 3. The Labute approximate surface area is 515 Å². The molecule has 6 nitrogen and oxygen atoms in total. The molecule has 478 valence electrons. The van der Waals surface area contributed by atoms with Crippen LogP contribution in [0.4, 0.5) is 0 Å². The van der Waals surface area contributed by atoms with Gasteiger partial charge in [0.2, 0.25) is 0 Å². The first-order valence-corrected chi connectivity index (χ1v) is 35.7. The Morgan fingerprint density at radius 1 is 0.253 bits per heavy atom. The molecule has 83 heavy (non-hydrogen) atoms. The maximum Gasteiger partial charge on any atom is 0.306 e. The lowest BCUT2D eigenvalue weighted by Crippen LogP contribution is -2.30. The van der Waals surface area contributed by atoms with E-state index in [0.29, 0.717) is 19.3 Å². The zero-order chi connectivity index (χ0) is 59.9. The van der Waals surface area contributed by atoms with Crippen molar-refractivity contribution in [3.05, 3.63) is 97.2 Å². The van der Waals surface area contributed by atoms with Crippen LogP contribution in [-0.2, 0) is 28.6 Å². The van der Waals surface area contributed by atoms with Crippen molar-refractivity contribution in [1.82, 2.24) is 0 Å². The van der Waals surface area contributed by atoms with Gasteiger partial charge in [0, 0.05) is 19.3 Å². The smallest absolute Gasteiger partial charge is 0.306 e. The maximum absolute atomic E-state index is 13.0. The van der Waals surface area contributed by atoms with Gasteiger partial charge in [-0.1, -0.05) is 330 Å². The Hall–Kier alpha value is -3.67. The molecule has 0 aromatic heterocycles. The molecule has 0 saturated carbocycles. The van der Waals surface area contributed by atoms with Crippen LogP contribution in [0, 0.1) is 0 Å². The van der Waals surface area contributed by atoms with E-state index >= 15 is 0 Å². The van der Waals surface area contributed by atoms with Gasteiger partial charge in [-0.15, -0.1) is 0 Å². The lowest BCUT2D eigenvalue weighted by Gasteiger charge is -2.18. The molecule has 0 N–H and O–H groups in total. The van der Waals surface area contributed by atoms with Gasteiger partial charge < -0.3 is 14.2 Å². The van der Waals surface area contributed by atoms with Crippen LogP contribution >= 0.6 is 0 Å². The molecule has 0 aliphatic carbocycles. The molecule has 1 unspecified atom stereocenters. The largest absolute Gasteiger partial charge is 0.462 e. The lowest BCUT2D eigenvalue weighted by atomic mass is 10.0. The molecular formula is C77H134O6. The first kappa shape index (κ1) is 79.3. The van der Waals surface area contributed by atoms with Crippen molar-refractivity contribution in [3.8, 4) is 0 Å². The molecule has 0 saturated heterocycles. The second kappa shape index (κ2) is 70.8. The SMILES string of the molecule is CC/C=C\C/C=C\C/C=C\C/C=C\C/C=C\C/C=C\CCCCCCCCCCCCCCC(=O)OCC(COC(=O)CCCCCCCCCCCCCCC)OC(=O)CCCCCCCCCCC/C=C\C/C=C\CCCCCCC. The number of rotatable bonds is 65. The standard InChI is InChI=1S/C77H134O6/c1-4-7-10-13-16-19-22-25-27-29-31-33-34-35-36-37-38-39-40-41-42-44-45-47-49-52-55-58-61-64-67-70-76(79)82-73-74(72-81-75(78)69-66-63-60-57-54-51-24-21-18-15-12-9-6-3)83-77(80)71-68-65-62-59-56-53-50-48-46-43-32-30-28-26-23-20-17-14-11-8-5-2/h7,10,16,19,23,25-27,30-33,35-36,38-39,74H,4-6,8-9,11-15,17-18,20-22,24,28-29,34,37,40-73H2,1-3H3/b10-7-,19-16-,26-23-,27-25-,32-30-,33-31-,36-35-,39-38-. The van der Waals surface area contributed by atoms with Gasteiger partial charge in [0.25, 0.3) is 0 Å². The molecule has 0 heterocycles. The predicted molar refractivity (Wildman–Crippen MR) is 362 cm³/mol. The number of hydrogen-bond donors (Lipinski definition) is 0. The van der Waals surface area contributed by atoms with E-state index in [1.807, 2.05) is 0 Å². The van der Waals surface area contributed by atoms with Gasteiger partial charge in [-0.2, -0.15) is 0 Å². The molecule has 0 bridgehead atoms. The van der Waals surface area contributed by atoms with Crippen molar-refractivity contribution in [2.75, 3.05) is 13.2 Å². The van der Waals surface area contributed by atoms with Crippen molar-refractivity contribution in [2.45, 2.75) is 361 Å². The molecule has 6 heteroatoms. The predicted octanol–water partition coefficient (Wildman–Crippen LogP) is 24.8. The van der Waals surface area contributed by atoms with Crippen LogP contribution in [0.15, 0.2) is 97.2 Å². The fraction of sp³-hybridized carbons (Fsp3) is 0.753. The Kier molecular flexibility index (Phi) is 67.7. The first-order valence-electron chi connectivity index (χ1n) is 35.7. The summed E-state index contributed by atoms with van der Waals surface area (Å²) in [4.78, 5) is 38.4. The van der Waals surface area contributed by atoms with E-state index in [2.05, 4.69) is 118 Å². The topological polar surface area (TPSA) is 78.9 Å². The minimum Gasteiger partial charge on any atom is -0.462 e. The summed E-state index contributed by atoms with van der Waals surface area (Å²) in [5.41, 5.74) is 0. The number of hydrogen-bond acceptors (Lipinski definition) is 6. The molecule has 0 spiro atoms. The van der Waals surface area contributed by atoms with Gasteiger partial charge in [0.15, 0.2) is 6.10 Å². The first-order chi connectivity index (χ1) is 41.0. The summed E-state index contributed by atoms with van der Waals surface area (Å²) < 4.78 is 17.0. The molecule has 0 aliphatic rings. The summed E-state index contributed by atoms with van der Waals surface area (Å²) in [5.74, 6) is -0.864. The second-order valence-electron chi connectivity index (χ2n) is 23.8. The lowest BCUT2D eigenvalue weighted by molar-refractivity contribution is -0.167. The van der Waals surface area contributed by atoms with E-state index in [1.165, 1.54) is 212 Å². The van der Waals surface area contributed by atoms with E-state index in [1.54, 1.807) is 0 Å². The number of ether oxygens (including phenoxy) is 3. The van der Waals surface area contributed by atoms with Crippen LogP contribution < -0.4 is 0 Å². The van der Waals surface area contributed by atoms with Gasteiger partial charge in [-0.3, -0.25) is 14.4 Å². The molecule has 0 radical (unpaired) electrons. The molecule has 0 amide bonds. The van der Waals surface area contributed by atoms with E-state index in [0.717, 1.165) is 103 Å². The molecule has 0 aromatic rings. The van der Waals surface area contributed by atoms with Crippen LogP contribution in [0.1, 0.15) is 355 Å². The van der Waals surface area contributed by atoms with Crippen molar-refractivity contribution in [2.24, 2.45) is 0 Å². The van der Waals surface area contributed by atoms with E-state index in [9.17, 15) is 14.4 Å². The third kappa shape index (κ3) is 69.0. The molecule has 0 fully saturated rings. The van der Waals surface area contributed by atoms with Crippen molar-refractivity contribution >= 4 is 17.9 Å². The fourth-order valence-electron chi connectivity index (χ4n) is 10.2. The summed E-state index contributed by atoms with van der Waals surface area (Å²) in [7, 11) is 0. The Morgan fingerprint density at radius 2 is 0.470 bits per heavy atom. The normalized spacial score (nSPS) is 12.7. The van der Waals surface area contributed by atoms with Crippen molar-refractivity contribution in [3.63, 3.8) is 0 Å². The Bertz CT molecular complexity index is 1610. The van der Waals surface area contributed by atoms with Gasteiger partial charge >= 0.3 is 17.9 Å². The second-order valence-corrected chi connectivity index (χ2v) is 23.8. The quantitative estimate of drug-likeness (QED) is 0.0261. The highest BCUT2D eigenvalue weighted by Gasteiger charge is 2.19. The van der Waals surface area contributed by atoms with Crippen LogP contribution in [0.3, 0.4) is 0 Å². The van der Waals surface area contributed by atoms with Gasteiger partial charge in [0.05, 0.1) is 0 Å². The van der Waals surface area contributed by atoms with Crippen LogP contribution in [0.5, 0.6) is 0 Å². The fourth-order valence-corrected chi connectivity index (χ4v) is 10.2. The summed E-state index contributed by atoms with van der Waals surface area (Å²) in [6.07, 6.45) is 95.7. The van der Waals surface area contributed by atoms with Crippen molar-refractivity contribution in [1.29, 1.82) is 0 Å². The van der Waals surface area contributed by atoms with E-state index in [4.69, 9.17) is 14.2 Å². The monoisotopic (exact) mass is 1160 g/mol. The van der Waals surface area contributed by atoms with Gasteiger partial charge in [-0.05, 0) is 103 Å². The minimum atomic E-state index is -0.780. The highest BCUT2D eigenvalue weighted by Crippen LogP contribution is 2.17. The Balaban J connectivity index is 4.26. The molecule has 1 atom stereocenters. The summed E-state index contributed by atoms with van der Waals surface area (Å²) >= 11 is 0. The summed E-state index contributed by atoms with van der Waals surface area (Å²) in [5, 5.41) is 0. The van der Waals surface area contributed by atoms with Crippen molar-refractivity contribution < 1.29 is 28.6 Å². The highest BCUT2D eigenvalue weighted by atomic mass is 16.6. The number of esters is 3. The molecule has 0 rings (SSSR count). The third-order valence-corrected chi connectivity index (χ3v) is 15.6.